The molecule has 112 valence electrons. The quantitative estimate of drug-likeness (QED) is 0.853. The molecule has 5 heteroatoms. The van der Waals surface area contributed by atoms with Crippen LogP contribution in [-0.2, 0) is 6.42 Å². The van der Waals surface area contributed by atoms with Crippen LogP contribution in [0.25, 0.3) is 4.96 Å². The van der Waals surface area contributed by atoms with Crippen molar-refractivity contribution >= 4 is 22.1 Å². The summed E-state index contributed by atoms with van der Waals surface area (Å²) in [5, 5.41) is 2.09. The summed E-state index contributed by atoms with van der Waals surface area (Å²) in [5.74, 6) is 1.75. The average molecular weight is 294 g/mol. The van der Waals surface area contributed by atoms with Crippen LogP contribution in [0, 0.1) is 5.92 Å². The second-order valence-corrected chi connectivity index (χ2v) is 6.62. The lowest BCUT2D eigenvalue weighted by Gasteiger charge is -2.24. The molecule has 0 spiro atoms. The smallest absolute Gasteiger partial charge is 0.195 e. The van der Waals surface area contributed by atoms with Crippen molar-refractivity contribution in [2.45, 2.75) is 46.6 Å². The van der Waals surface area contributed by atoms with E-state index in [0.717, 1.165) is 36.7 Å². The summed E-state index contributed by atoms with van der Waals surface area (Å²) < 4.78 is 2.21. The molecule has 1 atom stereocenters. The Kier molecular flexibility index (Phi) is 5.05. The molecular formula is C15H26N4S. The first-order chi connectivity index (χ1) is 9.56. The molecule has 2 aromatic rings. The number of nitrogens with two attached hydrogens (primary N) is 1. The third-order valence-corrected chi connectivity index (χ3v) is 4.34. The number of fused-ring (bicyclic) bond motifs is 1. The van der Waals surface area contributed by atoms with E-state index in [2.05, 4.69) is 48.6 Å². The van der Waals surface area contributed by atoms with Gasteiger partial charge in [0.2, 0.25) is 0 Å². The Hall–Kier alpha value is -1.07. The molecule has 0 saturated carbocycles. The van der Waals surface area contributed by atoms with E-state index in [0.29, 0.717) is 5.92 Å². The standard InChI is InChI=1S/C15H26N4S/c1-5-12(16)9-13-14(18(6-2)10-11(3)4)17-15-19(13)7-8-20-15/h7-8,11-12H,5-6,9-10,16H2,1-4H3. The van der Waals surface area contributed by atoms with Crippen molar-refractivity contribution in [3.63, 3.8) is 0 Å². The van der Waals surface area contributed by atoms with Crippen LogP contribution in [0.3, 0.4) is 0 Å². The number of imidazole rings is 1. The van der Waals surface area contributed by atoms with Crippen LogP contribution in [0.4, 0.5) is 5.82 Å². The fourth-order valence-electron chi connectivity index (χ4n) is 2.46. The lowest BCUT2D eigenvalue weighted by molar-refractivity contribution is 0.604. The zero-order valence-electron chi connectivity index (χ0n) is 13.0. The Morgan fingerprint density at radius 1 is 1.40 bits per heavy atom. The van der Waals surface area contributed by atoms with Crippen molar-refractivity contribution in [2.24, 2.45) is 11.7 Å². The fourth-order valence-corrected chi connectivity index (χ4v) is 3.19. The minimum absolute atomic E-state index is 0.200. The molecule has 4 nitrogen and oxygen atoms in total. The van der Waals surface area contributed by atoms with Gasteiger partial charge >= 0.3 is 0 Å². The van der Waals surface area contributed by atoms with Crippen molar-refractivity contribution in [3.05, 3.63) is 17.3 Å². The minimum atomic E-state index is 0.200. The monoisotopic (exact) mass is 294 g/mol. The maximum absolute atomic E-state index is 6.18. The zero-order valence-corrected chi connectivity index (χ0v) is 13.8. The highest BCUT2D eigenvalue weighted by atomic mass is 32.1. The summed E-state index contributed by atoms with van der Waals surface area (Å²) in [7, 11) is 0. The molecule has 2 rings (SSSR count). The van der Waals surface area contributed by atoms with E-state index >= 15 is 0 Å². The summed E-state index contributed by atoms with van der Waals surface area (Å²) in [5.41, 5.74) is 7.44. The molecule has 0 aliphatic heterocycles. The number of nitrogens with zero attached hydrogens (tertiary/aromatic N) is 3. The molecule has 2 heterocycles. The molecule has 0 fully saturated rings. The molecule has 0 aliphatic rings. The van der Waals surface area contributed by atoms with Gasteiger partial charge in [-0.3, -0.25) is 4.40 Å². The highest BCUT2D eigenvalue weighted by Crippen LogP contribution is 2.26. The van der Waals surface area contributed by atoms with Crippen LogP contribution in [0.1, 0.15) is 39.8 Å². The molecule has 1 unspecified atom stereocenters. The third kappa shape index (κ3) is 3.15. The summed E-state index contributed by atoms with van der Waals surface area (Å²) >= 11 is 1.69. The van der Waals surface area contributed by atoms with Gasteiger partial charge in [0.15, 0.2) is 10.8 Å². The molecule has 0 aromatic carbocycles. The van der Waals surface area contributed by atoms with Gasteiger partial charge in [-0.2, -0.15) is 0 Å². The summed E-state index contributed by atoms with van der Waals surface area (Å²) in [6.07, 6.45) is 3.99. The van der Waals surface area contributed by atoms with Gasteiger partial charge in [-0.05, 0) is 19.3 Å². The summed E-state index contributed by atoms with van der Waals surface area (Å²) in [6.45, 7) is 10.9. The molecular weight excluding hydrogens is 268 g/mol. The fraction of sp³-hybridized carbons (Fsp3) is 0.667. The van der Waals surface area contributed by atoms with Crippen molar-refractivity contribution in [2.75, 3.05) is 18.0 Å². The van der Waals surface area contributed by atoms with E-state index < -0.39 is 0 Å². The first-order valence-corrected chi connectivity index (χ1v) is 8.39. The number of rotatable bonds is 7. The topological polar surface area (TPSA) is 46.6 Å². The highest BCUT2D eigenvalue weighted by Gasteiger charge is 2.20. The number of aromatic nitrogens is 2. The maximum Gasteiger partial charge on any atom is 0.195 e. The van der Waals surface area contributed by atoms with Crippen LogP contribution in [0.15, 0.2) is 11.6 Å². The SMILES string of the molecule is CCC(N)Cc1c(N(CC)CC(C)C)nc2sccn12. The molecule has 0 saturated heterocycles. The average Bonchev–Trinajstić information content (AvgIpc) is 2.98. The zero-order chi connectivity index (χ0) is 14.7. The van der Waals surface area contributed by atoms with E-state index in [4.69, 9.17) is 10.7 Å². The van der Waals surface area contributed by atoms with Gasteiger partial charge in [-0.15, -0.1) is 11.3 Å². The van der Waals surface area contributed by atoms with Crippen LogP contribution in [0.5, 0.6) is 0 Å². The van der Waals surface area contributed by atoms with Crippen LogP contribution in [0.2, 0.25) is 0 Å². The van der Waals surface area contributed by atoms with Gasteiger partial charge in [0.1, 0.15) is 0 Å². The van der Waals surface area contributed by atoms with E-state index in [-0.39, 0.29) is 6.04 Å². The first-order valence-electron chi connectivity index (χ1n) is 7.51. The van der Waals surface area contributed by atoms with Crippen LogP contribution < -0.4 is 10.6 Å². The molecule has 0 aliphatic carbocycles. The predicted octanol–water partition coefficient (Wildman–Crippen LogP) is 3.16. The van der Waals surface area contributed by atoms with Gasteiger partial charge in [0.05, 0.1) is 5.69 Å². The molecule has 2 N–H and O–H groups in total. The number of hydrogen-bond donors (Lipinski definition) is 1. The molecule has 0 radical (unpaired) electrons. The van der Waals surface area contributed by atoms with Crippen molar-refractivity contribution in [1.82, 2.24) is 9.38 Å². The van der Waals surface area contributed by atoms with Gasteiger partial charge in [-0.1, -0.05) is 20.8 Å². The Morgan fingerprint density at radius 3 is 2.75 bits per heavy atom. The van der Waals surface area contributed by atoms with Gasteiger partial charge in [0.25, 0.3) is 0 Å². The van der Waals surface area contributed by atoms with Crippen LogP contribution >= 0.6 is 11.3 Å². The second kappa shape index (κ2) is 6.59. The minimum Gasteiger partial charge on any atom is -0.355 e. The van der Waals surface area contributed by atoms with Gasteiger partial charge in [0, 0.05) is 37.1 Å². The van der Waals surface area contributed by atoms with Crippen molar-refractivity contribution < 1.29 is 0 Å². The van der Waals surface area contributed by atoms with E-state index in [1.54, 1.807) is 11.3 Å². The van der Waals surface area contributed by atoms with E-state index in [1.807, 2.05) is 0 Å². The predicted molar refractivity (Wildman–Crippen MR) is 87.8 cm³/mol. The molecule has 20 heavy (non-hydrogen) atoms. The van der Waals surface area contributed by atoms with Crippen molar-refractivity contribution in [1.29, 1.82) is 0 Å². The maximum atomic E-state index is 6.18. The summed E-state index contributed by atoms with van der Waals surface area (Å²) in [4.78, 5) is 8.28. The lowest BCUT2D eigenvalue weighted by Crippen LogP contribution is -2.30. The Bertz CT molecular complexity index is 543. The third-order valence-electron chi connectivity index (χ3n) is 3.59. The first kappa shape index (κ1) is 15.3. The number of anilines is 1. The number of hydrogen-bond acceptors (Lipinski definition) is 4. The number of thiazole rings is 1. The Morgan fingerprint density at radius 2 is 2.15 bits per heavy atom. The summed E-state index contributed by atoms with van der Waals surface area (Å²) in [6, 6.07) is 0.200. The lowest BCUT2D eigenvalue weighted by atomic mass is 10.1. The van der Waals surface area contributed by atoms with Gasteiger partial charge in [-0.25, -0.2) is 4.98 Å². The second-order valence-electron chi connectivity index (χ2n) is 5.74. The Balaban J connectivity index is 2.39. The van der Waals surface area contributed by atoms with Crippen molar-refractivity contribution in [3.8, 4) is 0 Å². The van der Waals surface area contributed by atoms with Crippen LogP contribution in [-0.4, -0.2) is 28.5 Å². The van der Waals surface area contributed by atoms with E-state index in [1.165, 1.54) is 5.69 Å². The van der Waals surface area contributed by atoms with Gasteiger partial charge < -0.3 is 10.6 Å². The highest BCUT2D eigenvalue weighted by molar-refractivity contribution is 7.15. The molecule has 2 aromatic heterocycles. The molecule has 0 bridgehead atoms. The van der Waals surface area contributed by atoms with E-state index in [9.17, 15) is 0 Å². The Labute approximate surface area is 125 Å². The largest absolute Gasteiger partial charge is 0.355 e. The normalized spacial score (nSPS) is 13.3. The molecule has 0 amide bonds.